The van der Waals surface area contributed by atoms with Crippen LogP contribution in [0.15, 0.2) is 21.4 Å². The van der Waals surface area contributed by atoms with Gasteiger partial charge in [-0.2, -0.15) is 0 Å². The van der Waals surface area contributed by atoms with Crippen molar-refractivity contribution in [3.05, 3.63) is 33.9 Å². The quantitative estimate of drug-likeness (QED) is 0.713. The van der Waals surface area contributed by atoms with Gasteiger partial charge in [0.1, 0.15) is 11.5 Å². The van der Waals surface area contributed by atoms with Crippen LogP contribution < -0.4 is 10.4 Å². The molecule has 1 heterocycles. The van der Waals surface area contributed by atoms with Crippen molar-refractivity contribution < 1.29 is 24.2 Å². The van der Waals surface area contributed by atoms with E-state index in [2.05, 4.69) is 0 Å². The fourth-order valence-corrected chi connectivity index (χ4v) is 1.13. The van der Waals surface area contributed by atoms with E-state index in [9.17, 15) is 9.59 Å². The highest BCUT2D eigenvalue weighted by atomic mass is 16.5. The zero-order valence-electron chi connectivity index (χ0n) is 8.47. The maximum atomic E-state index is 11.1. The minimum absolute atomic E-state index is 0.0331. The molecular weight excluding hydrogens is 216 g/mol. The van der Waals surface area contributed by atoms with E-state index in [0.717, 1.165) is 18.2 Å². The lowest BCUT2D eigenvalue weighted by molar-refractivity contribution is -0.131. The molecule has 0 saturated carbocycles. The molecule has 1 aromatic heterocycles. The number of aliphatic hydroxyl groups excluding tert-OH is 1. The molecule has 0 aliphatic heterocycles. The van der Waals surface area contributed by atoms with Crippen LogP contribution in [-0.2, 0) is 11.4 Å². The molecule has 0 unspecified atom stereocenters. The number of aliphatic hydroxyl groups is 1. The van der Waals surface area contributed by atoms with Crippen molar-refractivity contribution >= 4 is 12.0 Å². The molecule has 0 bridgehead atoms. The van der Waals surface area contributed by atoms with Crippen LogP contribution in [0.5, 0.6) is 5.75 Å². The number of carboxylic acids is 1. The first-order chi connectivity index (χ1) is 7.58. The summed E-state index contributed by atoms with van der Waals surface area (Å²) in [4.78, 5) is 21.4. The standard InChI is InChI=1S/C10H10O6/c1-15-8-4-10(14)16-7(6(8)5-11)2-3-9(12)13/h2-4,11H,5H2,1H3,(H,12,13)/b3-2+. The van der Waals surface area contributed by atoms with Crippen LogP contribution in [0, 0.1) is 0 Å². The van der Waals surface area contributed by atoms with E-state index in [1.165, 1.54) is 7.11 Å². The maximum absolute atomic E-state index is 11.1. The van der Waals surface area contributed by atoms with Gasteiger partial charge < -0.3 is 19.4 Å². The van der Waals surface area contributed by atoms with Gasteiger partial charge in [-0.25, -0.2) is 9.59 Å². The van der Waals surface area contributed by atoms with Crippen molar-refractivity contribution in [3.63, 3.8) is 0 Å². The van der Waals surface area contributed by atoms with E-state index >= 15 is 0 Å². The molecule has 2 N–H and O–H groups in total. The van der Waals surface area contributed by atoms with E-state index in [4.69, 9.17) is 19.4 Å². The van der Waals surface area contributed by atoms with Crippen molar-refractivity contribution in [1.29, 1.82) is 0 Å². The molecule has 0 radical (unpaired) electrons. The Morgan fingerprint density at radius 1 is 1.62 bits per heavy atom. The number of hydrogen-bond acceptors (Lipinski definition) is 5. The van der Waals surface area contributed by atoms with Crippen LogP contribution in [0.4, 0.5) is 0 Å². The Morgan fingerprint density at radius 2 is 2.31 bits per heavy atom. The highest BCUT2D eigenvalue weighted by Crippen LogP contribution is 2.20. The van der Waals surface area contributed by atoms with Crippen LogP contribution in [0.25, 0.3) is 6.08 Å². The number of rotatable bonds is 4. The van der Waals surface area contributed by atoms with Gasteiger partial charge in [-0.1, -0.05) is 0 Å². The van der Waals surface area contributed by atoms with E-state index in [0.29, 0.717) is 0 Å². The average molecular weight is 226 g/mol. The number of ether oxygens (including phenoxy) is 1. The predicted molar refractivity (Wildman–Crippen MR) is 54.1 cm³/mol. The highest BCUT2D eigenvalue weighted by molar-refractivity contribution is 5.85. The zero-order chi connectivity index (χ0) is 12.1. The maximum Gasteiger partial charge on any atom is 0.339 e. The molecule has 0 atom stereocenters. The van der Waals surface area contributed by atoms with Gasteiger partial charge in [0, 0.05) is 6.08 Å². The first-order valence-corrected chi connectivity index (χ1v) is 4.31. The molecule has 6 nitrogen and oxygen atoms in total. The van der Waals surface area contributed by atoms with Crippen LogP contribution in [-0.4, -0.2) is 23.3 Å². The summed E-state index contributed by atoms with van der Waals surface area (Å²) in [6.07, 6.45) is 1.88. The van der Waals surface area contributed by atoms with Gasteiger partial charge in [0.25, 0.3) is 0 Å². The monoisotopic (exact) mass is 226 g/mol. The average Bonchev–Trinajstić information content (AvgIpc) is 2.25. The van der Waals surface area contributed by atoms with Crippen LogP contribution >= 0.6 is 0 Å². The Morgan fingerprint density at radius 3 is 2.81 bits per heavy atom. The van der Waals surface area contributed by atoms with Crippen LogP contribution in [0.2, 0.25) is 0 Å². The molecule has 1 rings (SSSR count). The summed E-state index contributed by atoms with van der Waals surface area (Å²) in [6.45, 7) is -0.424. The topological polar surface area (TPSA) is 97.0 Å². The van der Waals surface area contributed by atoms with Gasteiger partial charge in [-0.15, -0.1) is 0 Å². The SMILES string of the molecule is COc1cc(=O)oc(/C=C/C(=O)O)c1CO. The lowest BCUT2D eigenvalue weighted by atomic mass is 10.2. The van der Waals surface area contributed by atoms with Gasteiger partial charge in [0.05, 0.1) is 25.3 Å². The zero-order valence-corrected chi connectivity index (χ0v) is 8.47. The summed E-state index contributed by atoms with van der Waals surface area (Å²) < 4.78 is 9.61. The van der Waals surface area contributed by atoms with Crippen molar-refractivity contribution in [3.8, 4) is 5.75 Å². The van der Waals surface area contributed by atoms with Crippen molar-refractivity contribution in [2.24, 2.45) is 0 Å². The van der Waals surface area contributed by atoms with E-state index < -0.39 is 18.2 Å². The van der Waals surface area contributed by atoms with Crippen molar-refractivity contribution in [2.75, 3.05) is 7.11 Å². The molecule has 0 spiro atoms. The summed E-state index contributed by atoms with van der Waals surface area (Å²) in [5.74, 6) is -1.06. The van der Waals surface area contributed by atoms with Gasteiger partial charge in [0.15, 0.2) is 0 Å². The summed E-state index contributed by atoms with van der Waals surface area (Å²) in [7, 11) is 1.33. The third-order valence-corrected chi connectivity index (χ3v) is 1.81. The summed E-state index contributed by atoms with van der Waals surface area (Å²) in [5, 5.41) is 17.5. The molecule has 0 aliphatic carbocycles. The minimum atomic E-state index is -1.19. The second-order valence-electron chi connectivity index (χ2n) is 2.81. The summed E-state index contributed by atoms with van der Waals surface area (Å²) >= 11 is 0. The molecule has 6 heteroatoms. The lowest BCUT2D eigenvalue weighted by Gasteiger charge is -2.06. The normalized spacial score (nSPS) is 10.6. The van der Waals surface area contributed by atoms with Crippen LogP contribution in [0.1, 0.15) is 11.3 Å². The second-order valence-corrected chi connectivity index (χ2v) is 2.81. The van der Waals surface area contributed by atoms with Gasteiger partial charge >= 0.3 is 11.6 Å². The van der Waals surface area contributed by atoms with Crippen LogP contribution in [0.3, 0.4) is 0 Å². The first kappa shape index (κ1) is 12.0. The third kappa shape index (κ3) is 2.71. The fourth-order valence-electron chi connectivity index (χ4n) is 1.13. The molecule has 86 valence electrons. The number of methoxy groups -OCH3 is 1. The predicted octanol–water partition coefficient (Wildman–Crippen LogP) is 0.238. The molecular formula is C10H10O6. The van der Waals surface area contributed by atoms with Gasteiger partial charge in [-0.05, 0) is 6.08 Å². The summed E-state index contributed by atoms with van der Waals surface area (Å²) in [6, 6.07) is 1.07. The highest BCUT2D eigenvalue weighted by Gasteiger charge is 2.10. The smallest absolute Gasteiger partial charge is 0.339 e. The van der Waals surface area contributed by atoms with E-state index in [-0.39, 0.29) is 17.1 Å². The molecule has 0 fully saturated rings. The molecule has 16 heavy (non-hydrogen) atoms. The minimum Gasteiger partial charge on any atom is -0.496 e. The number of hydrogen-bond donors (Lipinski definition) is 2. The molecule has 0 aliphatic rings. The molecule has 0 aromatic carbocycles. The molecule has 0 saturated heterocycles. The number of carboxylic acid groups (broad SMARTS) is 1. The number of aliphatic carboxylic acids is 1. The lowest BCUT2D eigenvalue weighted by Crippen LogP contribution is -2.05. The fraction of sp³-hybridized carbons (Fsp3) is 0.200. The van der Waals surface area contributed by atoms with Gasteiger partial charge in [0.2, 0.25) is 0 Å². The second kappa shape index (κ2) is 5.13. The first-order valence-electron chi connectivity index (χ1n) is 4.31. The molecule has 0 amide bonds. The Kier molecular flexibility index (Phi) is 3.84. The largest absolute Gasteiger partial charge is 0.496 e. The van der Waals surface area contributed by atoms with Crippen molar-refractivity contribution in [2.45, 2.75) is 6.61 Å². The summed E-state index contributed by atoms with van der Waals surface area (Å²) in [5.41, 5.74) is -0.460. The Balaban J connectivity index is 3.30. The Bertz CT molecular complexity index is 471. The number of carbonyl (C=O) groups is 1. The Hall–Kier alpha value is -2.08. The van der Waals surface area contributed by atoms with Crippen molar-refractivity contribution in [1.82, 2.24) is 0 Å². The molecule has 1 aromatic rings. The van der Waals surface area contributed by atoms with E-state index in [1.54, 1.807) is 0 Å². The van der Waals surface area contributed by atoms with Gasteiger partial charge in [-0.3, -0.25) is 0 Å². The van der Waals surface area contributed by atoms with E-state index in [1.807, 2.05) is 0 Å². The third-order valence-electron chi connectivity index (χ3n) is 1.81. The Labute approximate surface area is 90.4 Å².